The summed E-state index contributed by atoms with van der Waals surface area (Å²) in [5, 5.41) is 27.1. The number of hydrogen-bond acceptors (Lipinski definition) is 5. The van der Waals surface area contributed by atoms with Crippen LogP contribution in [0, 0.1) is 22.7 Å². The van der Waals surface area contributed by atoms with E-state index in [2.05, 4.69) is 226 Å². The van der Waals surface area contributed by atoms with E-state index in [4.69, 9.17) is 15.0 Å². The lowest BCUT2D eigenvalue weighted by Gasteiger charge is -2.22. The van der Waals surface area contributed by atoms with E-state index in [1.807, 2.05) is 66.7 Å². The van der Waals surface area contributed by atoms with Crippen molar-refractivity contribution in [1.82, 2.24) is 28.7 Å². The van der Waals surface area contributed by atoms with Crippen LogP contribution in [-0.4, -0.2) is 28.7 Å². The van der Waals surface area contributed by atoms with Crippen LogP contribution in [0.25, 0.3) is 150 Å². The van der Waals surface area contributed by atoms with Crippen LogP contribution in [0.5, 0.6) is 0 Å². The van der Waals surface area contributed by atoms with E-state index in [9.17, 15) is 10.5 Å². The fourth-order valence-electron chi connectivity index (χ4n) is 12.7. The molecule has 4 heterocycles. The van der Waals surface area contributed by atoms with Crippen LogP contribution >= 0.6 is 0 Å². The second-order valence-corrected chi connectivity index (χ2v) is 21.4. The van der Waals surface area contributed by atoms with Crippen molar-refractivity contribution >= 4 is 65.4 Å². The van der Waals surface area contributed by atoms with E-state index >= 15 is 0 Å². The van der Waals surface area contributed by atoms with Gasteiger partial charge in [-0.2, -0.15) is 10.5 Å². The van der Waals surface area contributed by atoms with E-state index in [1.165, 1.54) is 21.5 Å². The van der Waals surface area contributed by atoms with E-state index in [0.29, 0.717) is 28.6 Å². The molecule has 0 bridgehead atoms. The molecule has 16 rings (SSSR count). The molecule has 0 unspecified atom stereocenters. The third kappa shape index (κ3) is 8.08. The molecule has 0 aliphatic rings. The largest absolute Gasteiger partial charge is 0.309 e. The molecule has 16 aromatic rings. The Morgan fingerprint density at radius 3 is 1.11 bits per heavy atom. The lowest BCUT2D eigenvalue weighted by molar-refractivity contribution is 1.07. The van der Waals surface area contributed by atoms with Gasteiger partial charge in [0.05, 0.1) is 62.1 Å². The fraction of sp³-hybridized carbons (Fsp3) is 0. The van der Waals surface area contributed by atoms with Crippen molar-refractivity contribution < 1.29 is 0 Å². The molecule has 0 aliphatic heterocycles. The lowest BCUT2D eigenvalue weighted by Crippen LogP contribution is -2.05. The molecule has 0 spiro atoms. The van der Waals surface area contributed by atoms with Gasteiger partial charge in [0.15, 0.2) is 17.5 Å². The van der Waals surface area contributed by atoms with Crippen molar-refractivity contribution in [2.24, 2.45) is 0 Å². The van der Waals surface area contributed by atoms with Gasteiger partial charge < -0.3 is 13.7 Å². The van der Waals surface area contributed by atoms with Crippen LogP contribution in [0.15, 0.2) is 279 Å². The average molecular weight is 1080 g/mol. The highest BCUT2D eigenvalue weighted by molar-refractivity contribution is 6.13. The van der Waals surface area contributed by atoms with E-state index in [1.54, 1.807) is 12.1 Å². The Labute approximate surface area is 488 Å². The Kier molecular flexibility index (Phi) is 11.5. The summed E-state index contributed by atoms with van der Waals surface area (Å²) < 4.78 is 7.17. The van der Waals surface area contributed by atoms with Gasteiger partial charge in [-0.1, -0.05) is 188 Å². The maximum absolute atomic E-state index is 10.5. The summed E-state index contributed by atoms with van der Waals surface area (Å²) in [7, 11) is 0. The van der Waals surface area contributed by atoms with Gasteiger partial charge in [0.2, 0.25) is 0 Å². The Morgan fingerprint density at radius 1 is 0.259 bits per heavy atom. The molecule has 0 N–H and O–H groups in total. The summed E-state index contributed by atoms with van der Waals surface area (Å²) >= 11 is 0. The molecule has 8 nitrogen and oxygen atoms in total. The Bertz CT molecular complexity index is 5120. The maximum atomic E-state index is 10.5. The Morgan fingerprint density at radius 2 is 0.647 bits per heavy atom. The summed E-state index contributed by atoms with van der Waals surface area (Å²) in [4.78, 5) is 16.0. The van der Waals surface area contributed by atoms with Crippen LogP contribution in [-0.2, 0) is 0 Å². The first-order valence-electron chi connectivity index (χ1n) is 28.3. The second-order valence-electron chi connectivity index (χ2n) is 21.4. The minimum absolute atomic E-state index is 0.440. The number of aromatic nitrogens is 6. The predicted octanol–water partition coefficient (Wildman–Crippen LogP) is 18.9. The standard InChI is InChI=1S/C77H46N8/c78-47-49-37-39-59(56(41-49)48-79)54-38-40-73-67(44-54)64-31-11-16-36-72(64)85(73)74-65(52-23-17-25-57(42-52)83-68-32-12-7-27-60(68)61-28-8-13-33-69(61)83)45-55(77-81-75(50-19-3-1-4-20-50)80-76(82-77)51-21-5-2-6-22-51)46-66(74)53-24-18-26-58(43-53)84-70-34-14-9-29-62(70)63-30-10-15-35-71(63)84/h1-46H. The third-order valence-corrected chi connectivity index (χ3v) is 16.5. The average Bonchev–Trinajstić information content (AvgIpc) is 3.64. The number of nitriles is 2. The number of fused-ring (bicyclic) bond motifs is 9. The Hall–Kier alpha value is -12.0. The van der Waals surface area contributed by atoms with Crippen molar-refractivity contribution in [3.8, 4) is 96.7 Å². The second kappa shape index (κ2) is 19.9. The van der Waals surface area contributed by atoms with Crippen LogP contribution in [0.1, 0.15) is 11.1 Å². The monoisotopic (exact) mass is 1080 g/mol. The predicted molar refractivity (Wildman–Crippen MR) is 345 cm³/mol. The van der Waals surface area contributed by atoms with E-state index < -0.39 is 0 Å². The quantitative estimate of drug-likeness (QED) is 0.143. The summed E-state index contributed by atoms with van der Waals surface area (Å²) in [5.41, 5.74) is 18.4. The van der Waals surface area contributed by atoms with Gasteiger partial charge in [-0.15, -0.1) is 0 Å². The van der Waals surface area contributed by atoms with Gasteiger partial charge in [-0.25, -0.2) is 15.0 Å². The smallest absolute Gasteiger partial charge is 0.164 e. The minimum atomic E-state index is 0.440. The van der Waals surface area contributed by atoms with Gasteiger partial charge in [0.25, 0.3) is 0 Å². The van der Waals surface area contributed by atoms with E-state index in [0.717, 1.165) is 111 Å². The molecule has 0 amide bonds. The Balaban J connectivity index is 1.04. The van der Waals surface area contributed by atoms with Crippen molar-refractivity contribution in [1.29, 1.82) is 10.5 Å². The number of nitrogens with zero attached hydrogens (tertiary/aromatic N) is 8. The van der Waals surface area contributed by atoms with Crippen molar-refractivity contribution in [3.63, 3.8) is 0 Å². The molecule has 8 heteroatoms. The maximum Gasteiger partial charge on any atom is 0.164 e. The highest BCUT2D eigenvalue weighted by Crippen LogP contribution is 2.46. The van der Waals surface area contributed by atoms with Gasteiger partial charge in [-0.3, -0.25) is 0 Å². The molecule has 0 atom stereocenters. The lowest BCUT2D eigenvalue weighted by atomic mass is 9.92. The summed E-state index contributed by atoms with van der Waals surface area (Å²) in [6.07, 6.45) is 0. The zero-order valence-electron chi connectivity index (χ0n) is 45.6. The SMILES string of the molecule is N#Cc1ccc(-c2ccc3c(c2)c2ccccc2n3-c2c(-c3cccc(-n4c5ccccc5c5ccccc54)c3)cc(-c3nc(-c4ccccc4)nc(-c4ccccc4)n3)cc2-c2cccc(-n3c4ccccc4c4ccccc43)c2)c(C#N)c1. The fourth-order valence-corrected chi connectivity index (χ4v) is 12.7. The number of benzene rings is 12. The molecular formula is C77H46N8. The molecular weight excluding hydrogens is 1040 g/mol. The number of para-hydroxylation sites is 5. The van der Waals surface area contributed by atoms with Crippen LogP contribution in [0.3, 0.4) is 0 Å². The molecule has 0 fully saturated rings. The summed E-state index contributed by atoms with van der Waals surface area (Å²) in [6.45, 7) is 0. The zero-order valence-corrected chi connectivity index (χ0v) is 45.6. The molecule has 85 heavy (non-hydrogen) atoms. The first-order chi connectivity index (χ1) is 42.1. The van der Waals surface area contributed by atoms with E-state index in [-0.39, 0.29) is 0 Å². The van der Waals surface area contributed by atoms with Gasteiger partial charge in [0, 0.05) is 71.5 Å². The number of rotatable bonds is 9. The van der Waals surface area contributed by atoms with Crippen molar-refractivity contribution in [2.45, 2.75) is 0 Å². The van der Waals surface area contributed by atoms with Crippen molar-refractivity contribution in [3.05, 3.63) is 290 Å². The van der Waals surface area contributed by atoms with Gasteiger partial charge in [0.1, 0.15) is 0 Å². The van der Waals surface area contributed by atoms with Crippen LogP contribution < -0.4 is 0 Å². The van der Waals surface area contributed by atoms with Crippen molar-refractivity contribution in [2.75, 3.05) is 0 Å². The van der Waals surface area contributed by atoms with Crippen LogP contribution in [0.4, 0.5) is 0 Å². The summed E-state index contributed by atoms with van der Waals surface area (Å²) in [6, 6.07) is 102. The van der Waals surface area contributed by atoms with Crippen LogP contribution in [0.2, 0.25) is 0 Å². The molecule has 0 saturated heterocycles. The molecule has 0 aliphatic carbocycles. The molecule has 0 radical (unpaired) electrons. The third-order valence-electron chi connectivity index (χ3n) is 16.5. The van der Waals surface area contributed by atoms with Gasteiger partial charge in [-0.05, 0) is 113 Å². The number of hydrogen-bond donors (Lipinski definition) is 0. The normalized spacial score (nSPS) is 11.5. The first kappa shape index (κ1) is 48.9. The van der Waals surface area contributed by atoms with Gasteiger partial charge >= 0.3 is 0 Å². The first-order valence-corrected chi connectivity index (χ1v) is 28.3. The zero-order chi connectivity index (χ0) is 56.5. The summed E-state index contributed by atoms with van der Waals surface area (Å²) in [5.74, 6) is 1.66. The molecule has 12 aromatic carbocycles. The highest BCUT2D eigenvalue weighted by Gasteiger charge is 2.25. The molecule has 4 aromatic heterocycles. The molecule has 394 valence electrons. The topological polar surface area (TPSA) is 101 Å². The minimum Gasteiger partial charge on any atom is -0.309 e. The molecule has 0 saturated carbocycles. The highest BCUT2D eigenvalue weighted by atomic mass is 15.0.